The van der Waals surface area contributed by atoms with Crippen molar-refractivity contribution in [1.29, 1.82) is 0 Å². The van der Waals surface area contributed by atoms with Crippen LogP contribution in [-0.4, -0.2) is 22.0 Å². The molecule has 2 aromatic heterocycles. The molecule has 1 fully saturated rings. The minimum Gasteiger partial charge on any atom is -0.488 e. The average molecular weight is 506 g/mol. The van der Waals surface area contributed by atoms with E-state index in [0.717, 1.165) is 43.9 Å². The van der Waals surface area contributed by atoms with Crippen LogP contribution in [0.2, 0.25) is 0 Å². The van der Waals surface area contributed by atoms with E-state index in [1.165, 1.54) is 12.4 Å². The topological polar surface area (TPSA) is 90.1 Å². The molecule has 6 nitrogen and oxygen atoms in total. The van der Waals surface area contributed by atoms with Crippen LogP contribution in [0.5, 0.6) is 5.75 Å². The molecule has 1 aliphatic carbocycles. The van der Waals surface area contributed by atoms with Crippen LogP contribution < -0.4 is 15.8 Å². The highest BCUT2D eigenvalue weighted by Crippen LogP contribution is 2.40. The third-order valence-electron chi connectivity index (χ3n) is 6.06. The van der Waals surface area contributed by atoms with Crippen LogP contribution in [0.4, 0.5) is 33.3 Å². The fourth-order valence-corrected chi connectivity index (χ4v) is 4.13. The Labute approximate surface area is 203 Å². The van der Waals surface area contributed by atoms with Gasteiger partial charge in [-0.2, -0.15) is 13.2 Å². The number of anilines is 2. The molecule has 1 amide bonds. The fourth-order valence-electron chi connectivity index (χ4n) is 4.13. The first-order valence-electron chi connectivity index (χ1n) is 11.3. The summed E-state index contributed by atoms with van der Waals surface area (Å²) >= 11 is 0. The minimum atomic E-state index is -5.04. The van der Waals surface area contributed by atoms with Crippen LogP contribution >= 0.6 is 0 Å². The molecular formula is C25H23F5N4O2. The molecule has 4 rings (SSSR count). The lowest BCUT2D eigenvalue weighted by Gasteiger charge is -2.27. The summed E-state index contributed by atoms with van der Waals surface area (Å²) in [6.45, 7) is 2.16. The minimum absolute atomic E-state index is 0.0656. The van der Waals surface area contributed by atoms with Crippen LogP contribution in [0, 0.1) is 17.6 Å². The van der Waals surface area contributed by atoms with Gasteiger partial charge in [0.05, 0.1) is 34.8 Å². The van der Waals surface area contributed by atoms with Crippen molar-refractivity contribution in [3.8, 4) is 17.0 Å². The van der Waals surface area contributed by atoms with Gasteiger partial charge < -0.3 is 15.8 Å². The number of benzene rings is 1. The van der Waals surface area contributed by atoms with Gasteiger partial charge in [-0.15, -0.1) is 0 Å². The number of alkyl halides is 3. The monoisotopic (exact) mass is 506 g/mol. The number of nitrogens with one attached hydrogen (secondary N) is 1. The molecule has 0 bridgehead atoms. The Morgan fingerprint density at radius 3 is 2.42 bits per heavy atom. The van der Waals surface area contributed by atoms with Gasteiger partial charge in [0.2, 0.25) is 0 Å². The number of amides is 1. The summed E-state index contributed by atoms with van der Waals surface area (Å²) in [5, 5.41) is 2.49. The molecule has 190 valence electrons. The lowest BCUT2D eigenvalue weighted by atomic mass is 9.89. The standard InChI is InChI=1S/C25H23F5N4O2/c1-13-5-7-14(8-6-13)36-20-9-10-32-12-19(20)33-24(35)23-18(31)11-15(25(28,29)30)22(34-23)21-16(26)3-2-4-17(21)27/h2-4,9-14H,5-8,31H2,1H3,(H,33,35). The van der Waals surface area contributed by atoms with Crippen molar-refractivity contribution in [3.63, 3.8) is 0 Å². The maximum Gasteiger partial charge on any atom is 0.418 e. The number of hydrogen-bond donors (Lipinski definition) is 2. The molecule has 0 saturated heterocycles. The molecule has 0 spiro atoms. The summed E-state index contributed by atoms with van der Waals surface area (Å²) in [7, 11) is 0. The number of ether oxygens (including phenoxy) is 1. The first-order chi connectivity index (χ1) is 17.0. The smallest absolute Gasteiger partial charge is 0.418 e. The number of nitrogens with two attached hydrogens (primary N) is 1. The van der Waals surface area contributed by atoms with Crippen LogP contribution in [0.25, 0.3) is 11.3 Å². The van der Waals surface area contributed by atoms with Crippen molar-refractivity contribution >= 4 is 17.3 Å². The first-order valence-corrected chi connectivity index (χ1v) is 11.3. The number of halogens is 5. The SMILES string of the molecule is CC1CCC(Oc2ccncc2NC(=O)c2nc(-c3c(F)cccc3F)c(C(F)(F)F)cc2N)CC1. The number of aromatic nitrogens is 2. The molecule has 3 N–H and O–H groups in total. The van der Waals surface area contributed by atoms with Crippen molar-refractivity contribution in [1.82, 2.24) is 9.97 Å². The summed E-state index contributed by atoms with van der Waals surface area (Å²) in [5.41, 5.74) is 1.06. The summed E-state index contributed by atoms with van der Waals surface area (Å²) in [5.74, 6) is -2.61. The lowest BCUT2D eigenvalue weighted by Crippen LogP contribution is -2.24. The van der Waals surface area contributed by atoms with Crippen molar-refractivity contribution in [2.75, 3.05) is 11.1 Å². The van der Waals surface area contributed by atoms with E-state index >= 15 is 0 Å². The molecule has 1 aromatic carbocycles. The van der Waals surface area contributed by atoms with Gasteiger partial charge in [0, 0.05) is 12.3 Å². The predicted molar refractivity (Wildman–Crippen MR) is 123 cm³/mol. The van der Waals surface area contributed by atoms with E-state index in [0.29, 0.717) is 17.7 Å². The van der Waals surface area contributed by atoms with Gasteiger partial charge in [-0.3, -0.25) is 9.78 Å². The molecule has 3 aromatic rings. The van der Waals surface area contributed by atoms with Crippen LogP contribution in [-0.2, 0) is 6.18 Å². The van der Waals surface area contributed by atoms with Crippen LogP contribution in [0.1, 0.15) is 48.7 Å². The highest BCUT2D eigenvalue weighted by Gasteiger charge is 2.37. The van der Waals surface area contributed by atoms with Gasteiger partial charge in [-0.25, -0.2) is 13.8 Å². The zero-order valence-electron chi connectivity index (χ0n) is 19.2. The van der Waals surface area contributed by atoms with Gasteiger partial charge in [-0.1, -0.05) is 13.0 Å². The van der Waals surface area contributed by atoms with Crippen molar-refractivity contribution in [2.45, 2.75) is 44.9 Å². The van der Waals surface area contributed by atoms with E-state index in [4.69, 9.17) is 10.5 Å². The second kappa shape index (κ2) is 10.1. The molecule has 11 heteroatoms. The van der Waals surface area contributed by atoms with Gasteiger partial charge >= 0.3 is 6.18 Å². The number of carbonyl (C=O) groups excluding carboxylic acids is 1. The second-order valence-corrected chi connectivity index (χ2v) is 8.74. The molecule has 1 saturated carbocycles. The van der Waals surface area contributed by atoms with Crippen molar-refractivity contribution < 1.29 is 31.5 Å². The Balaban J connectivity index is 1.69. The third-order valence-corrected chi connectivity index (χ3v) is 6.06. The van der Waals surface area contributed by atoms with Crippen LogP contribution in [0.3, 0.4) is 0 Å². The van der Waals surface area contributed by atoms with E-state index in [9.17, 15) is 26.7 Å². The number of carbonyl (C=O) groups is 1. The third kappa shape index (κ3) is 5.39. The number of nitrogens with zero attached hydrogens (tertiary/aromatic N) is 2. The largest absolute Gasteiger partial charge is 0.488 e. The highest BCUT2D eigenvalue weighted by molar-refractivity contribution is 6.07. The van der Waals surface area contributed by atoms with Gasteiger partial charge in [0.25, 0.3) is 5.91 Å². The Hall–Kier alpha value is -3.76. The Kier molecular flexibility index (Phi) is 7.09. The quantitative estimate of drug-likeness (QED) is 0.400. The Morgan fingerprint density at radius 1 is 1.11 bits per heavy atom. The van der Waals surface area contributed by atoms with E-state index in [1.807, 2.05) is 0 Å². The maximum absolute atomic E-state index is 14.4. The summed E-state index contributed by atoms with van der Waals surface area (Å²) in [6, 6.07) is 4.58. The van der Waals surface area contributed by atoms with E-state index in [1.54, 1.807) is 6.07 Å². The predicted octanol–water partition coefficient (Wildman–Crippen LogP) is 6.23. The van der Waals surface area contributed by atoms with Gasteiger partial charge in [0.15, 0.2) is 5.69 Å². The molecule has 1 aliphatic rings. The molecule has 0 atom stereocenters. The Bertz CT molecular complexity index is 1250. The number of nitrogen functional groups attached to an aromatic ring is 1. The van der Waals surface area contributed by atoms with Gasteiger partial charge in [-0.05, 0) is 49.8 Å². The summed E-state index contributed by atoms with van der Waals surface area (Å²) in [4.78, 5) is 20.7. The maximum atomic E-state index is 14.4. The van der Waals surface area contributed by atoms with Crippen LogP contribution in [0.15, 0.2) is 42.7 Å². The molecule has 36 heavy (non-hydrogen) atoms. The zero-order chi connectivity index (χ0) is 26.0. The normalized spacial score (nSPS) is 18.1. The first kappa shape index (κ1) is 25.3. The lowest BCUT2D eigenvalue weighted by molar-refractivity contribution is -0.137. The summed E-state index contributed by atoms with van der Waals surface area (Å²) in [6.07, 6.45) is 1.35. The highest BCUT2D eigenvalue weighted by atomic mass is 19.4. The average Bonchev–Trinajstić information content (AvgIpc) is 2.81. The van der Waals surface area contributed by atoms with E-state index in [2.05, 4.69) is 22.2 Å². The fraction of sp³-hybridized carbons (Fsp3) is 0.320. The van der Waals surface area contributed by atoms with Gasteiger partial charge in [0.1, 0.15) is 23.1 Å². The molecular weight excluding hydrogens is 483 g/mol. The molecule has 0 aliphatic heterocycles. The molecule has 0 radical (unpaired) electrons. The molecule has 2 heterocycles. The number of hydrogen-bond acceptors (Lipinski definition) is 5. The van der Waals surface area contributed by atoms with E-state index < -0.39 is 51.9 Å². The van der Waals surface area contributed by atoms with Crippen molar-refractivity contribution in [2.24, 2.45) is 5.92 Å². The number of rotatable bonds is 5. The Morgan fingerprint density at radius 2 is 1.78 bits per heavy atom. The van der Waals surface area contributed by atoms with E-state index in [-0.39, 0.29) is 11.8 Å². The number of pyridine rings is 2. The molecule has 0 unspecified atom stereocenters. The summed E-state index contributed by atoms with van der Waals surface area (Å²) < 4.78 is 75.9. The van der Waals surface area contributed by atoms with Crippen molar-refractivity contribution in [3.05, 3.63) is 65.6 Å². The second-order valence-electron chi connectivity index (χ2n) is 8.74. The zero-order valence-corrected chi connectivity index (χ0v) is 19.2.